The van der Waals surface area contributed by atoms with Crippen LogP contribution in [0.3, 0.4) is 0 Å². The molecule has 4 rings (SSSR count). The number of nitrogens with zero attached hydrogens (tertiary/aromatic N) is 3. The number of fused-ring (bicyclic) bond motifs is 2. The van der Waals surface area contributed by atoms with Gasteiger partial charge in [-0.1, -0.05) is 6.92 Å². The van der Waals surface area contributed by atoms with Crippen LogP contribution >= 0.6 is 11.3 Å². The number of β-lactam (4-membered cyclic amide) rings is 1. The average molecular weight is 491 g/mol. The van der Waals surface area contributed by atoms with Gasteiger partial charge < -0.3 is 25.2 Å². The minimum atomic E-state index is -0.898. The number of nitrogens with two attached hydrogens (primary N) is 1. The molecule has 4 atom stereocenters. The van der Waals surface area contributed by atoms with Gasteiger partial charge in [0.25, 0.3) is 5.91 Å². The zero-order valence-electron chi connectivity index (χ0n) is 19.4. The number of hydrogen-bond donors (Lipinski definition) is 2. The Morgan fingerprint density at radius 3 is 2.56 bits per heavy atom. The molecule has 1 fully saturated rings. The van der Waals surface area contributed by atoms with Crippen LogP contribution in [0.15, 0.2) is 18.2 Å². The summed E-state index contributed by atoms with van der Waals surface area (Å²) < 4.78 is 11.9. The van der Waals surface area contributed by atoms with E-state index in [0.29, 0.717) is 15.3 Å². The summed E-state index contributed by atoms with van der Waals surface area (Å²) in [6.45, 7) is 7.80. The van der Waals surface area contributed by atoms with E-state index in [4.69, 9.17) is 15.2 Å². The van der Waals surface area contributed by atoms with Gasteiger partial charge in [0.05, 0.1) is 28.4 Å². The molecule has 11 nitrogen and oxygen atoms in total. The minimum absolute atomic E-state index is 0.0318. The van der Waals surface area contributed by atoms with Gasteiger partial charge in [-0.2, -0.15) is 0 Å². The van der Waals surface area contributed by atoms with E-state index in [-0.39, 0.29) is 23.2 Å². The summed E-state index contributed by atoms with van der Waals surface area (Å²) in [6.07, 6.45) is 2.25. The molecular formula is C22H26N4O7S. The Morgan fingerprint density at radius 1 is 1.29 bits per heavy atom. The Morgan fingerprint density at radius 2 is 1.97 bits per heavy atom. The second-order valence-corrected chi connectivity index (χ2v) is 10.5. The molecule has 2 aliphatic heterocycles. The van der Waals surface area contributed by atoms with Crippen LogP contribution in [0.4, 0.5) is 0 Å². The molecule has 2 aromatic rings. The number of imidazole rings is 1. The molecule has 0 aliphatic carbocycles. The maximum absolute atomic E-state index is 13.1. The number of rotatable bonds is 6. The first-order chi connectivity index (χ1) is 15.8. The summed E-state index contributed by atoms with van der Waals surface area (Å²) in [5.41, 5.74) is 5.31. The largest absolute Gasteiger partial charge is 0.427 e. The number of esters is 2. The van der Waals surface area contributed by atoms with Crippen LogP contribution in [-0.2, 0) is 23.9 Å². The van der Waals surface area contributed by atoms with Crippen LogP contribution < -0.4 is 5.73 Å². The number of thiazole rings is 1. The van der Waals surface area contributed by atoms with Crippen molar-refractivity contribution in [2.45, 2.75) is 46.8 Å². The molecule has 2 amide bonds. The number of carbonyl (C=O) groups is 4. The summed E-state index contributed by atoms with van der Waals surface area (Å²) >= 11 is 1.20. The van der Waals surface area contributed by atoms with E-state index >= 15 is 0 Å². The lowest BCUT2D eigenvalue weighted by Crippen LogP contribution is -2.63. The fourth-order valence-electron chi connectivity index (χ4n) is 4.40. The Bertz CT molecular complexity index is 1240. The number of carbonyl (C=O) groups excluding carboxylic acids is 4. The molecule has 1 saturated heterocycles. The molecule has 0 bridgehead atoms. The highest BCUT2D eigenvalue weighted by molar-refractivity contribution is 7.18. The predicted octanol–water partition coefficient (Wildman–Crippen LogP) is 1.15. The summed E-state index contributed by atoms with van der Waals surface area (Å²) in [6, 6.07) is -0.433. The fourth-order valence-corrected chi connectivity index (χ4v) is 5.62. The summed E-state index contributed by atoms with van der Waals surface area (Å²) in [4.78, 5) is 56.2. The van der Waals surface area contributed by atoms with Crippen molar-refractivity contribution < 1.29 is 33.8 Å². The van der Waals surface area contributed by atoms with Crippen LogP contribution in [0.25, 0.3) is 10.4 Å². The van der Waals surface area contributed by atoms with E-state index in [9.17, 15) is 24.3 Å². The third-order valence-corrected chi connectivity index (χ3v) is 7.21. The van der Waals surface area contributed by atoms with Gasteiger partial charge in [0, 0.05) is 17.7 Å². The zero-order valence-corrected chi connectivity index (χ0v) is 20.2. The first kappa shape index (κ1) is 23.9. The lowest BCUT2D eigenvalue weighted by molar-refractivity contribution is -0.175. The third kappa shape index (κ3) is 3.66. The van der Waals surface area contributed by atoms with E-state index in [2.05, 4.69) is 4.98 Å². The summed E-state index contributed by atoms with van der Waals surface area (Å²) in [5.74, 6) is -3.41. The second kappa shape index (κ2) is 8.20. The van der Waals surface area contributed by atoms with Crippen molar-refractivity contribution in [3.8, 4) is 0 Å². The maximum atomic E-state index is 13.1. The van der Waals surface area contributed by atoms with E-state index in [1.807, 2.05) is 6.92 Å². The monoisotopic (exact) mass is 490 g/mol. The Balaban J connectivity index is 1.71. The third-order valence-electron chi connectivity index (χ3n) is 6.07. The normalized spacial score (nSPS) is 23.1. The number of ether oxygens (including phenoxy) is 2. The van der Waals surface area contributed by atoms with Crippen molar-refractivity contribution in [3.05, 3.63) is 28.8 Å². The van der Waals surface area contributed by atoms with Gasteiger partial charge >= 0.3 is 11.9 Å². The van der Waals surface area contributed by atoms with Gasteiger partial charge in [0.15, 0.2) is 5.69 Å². The molecule has 0 spiro atoms. The van der Waals surface area contributed by atoms with Gasteiger partial charge in [0.2, 0.25) is 12.7 Å². The number of primary amides is 1. The maximum Gasteiger partial charge on any atom is 0.358 e. The molecule has 0 saturated carbocycles. The van der Waals surface area contributed by atoms with Gasteiger partial charge in [-0.25, -0.2) is 9.78 Å². The SMILES string of the molecule is C[C@@H](O)[C@H]1C(=O)N2C(C(=O)OCOC(=O)C(C)(C)C)=C(c3cn4cnc(C(N)=O)c4s3)[C@H](C)[C@H]12. The fraction of sp³-hybridized carbons (Fsp3) is 0.500. The van der Waals surface area contributed by atoms with Gasteiger partial charge in [-0.15, -0.1) is 11.3 Å². The van der Waals surface area contributed by atoms with E-state index < -0.39 is 48.1 Å². The van der Waals surface area contributed by atoms with Crippen LogP contribution in [0, 0.1) is 17.3 Å². The summed E-state index contributed by atoms with van der Waals surface area (Å²) in [5, 5.41) is 10.1. The molecule has 2 aliphatic rings. The van der Waals surface area contributed by atoms with Crippen molar-refractivity contribution in [3.63, 3.8) is 0 Å². The van der Waals surface area contributed by atoms with E-state index in [1.54, 1.807) is 31.4 Å². The van der Waals surface area contributed by atoms with E-state index in [0.717, 1.165) is 0 Å². The van der Waals surface area contributed by atoms with Crippen molar-refractivity contribution in [2.75, 3.05) is 6.79 Å². The molecule has 182 valence electrons. The van der Waals surface area contributed by atoms with Crippen molar-refractivity contribution in [2.24, 2.45) is 23.0 Å². The second-order valence-electron chi connectivity index (χ2n) is 9.51. The molecule has 0 radical (unpaired) electrons. The molecule has 4 heterocycles. The number of aliphatic hydroxyl groups excluding tert-OH is 1. The minimum Gasteiger partial charge on any atom is -0.427 e. The number of aromatic nitrogens is 2. The highest BCUT2D eigenvalue weighted by atomic mass is 32.1. The smallest absolute Gasteiger partial charge is 0.358 e. The lowest BCUT2D eigenvalue weighted by atomic mass is 9.77. The standard InChI is InChI=1S/C22H26N4O7S/c1-9-12(11-6-25-7-24-14(17(23)28)19(25)34-11)16(26-15(9)13(10(2)27)18(26)29)20(30)32-8-33-21(31)22(3,4)5/h6-7,9-10,13,15,27H,8H2,1-5H3,(H2,23,28)/t9-,10+,13+,15+/m0/s1. The van der Waals surface area contributed by atoms with E-state index in [1.165, 1.54) is 29.5 Å². The number of aliphatic hydroxyl groups is 1. The van der Waals surface area contributed by atoms with Gasteiger partial charge in [-0.05, 0) is 27.7 Å². The van der Waals surface area contributed by atoms with Gasteiger partial charge in [-0.3, -0.25) is 18.8 Å². The molecule has 0 unspecified atom stereocenters. The molecule has 3 N–H and O–H groups in total. The first-order valence-electron chi connectivity index (χ1n) is 10.7. The molecular weight excluding hydrogens is 464 g/mol. The quantitative estimate of drug-likeness (QED) is 0.347. The van der Waals surface area contributed by atoms with Crippen molar-refractivity contribution in [1.82, 2.24) is 14.3 Å². The average Bonchev–Trinajstić information content (AvgIpc) is 3.36. The van der Waals surface area contributed by atoms with Crippen molar-refractivity contribution in [1.29, 1.82) is 0 Å². The summed E-state index contributed by atoms with van der Waals surface area (Å²) in [7, 11) is 0. The molecule has 2 aromatic heterocycles. The molecule has 0 aromatic carbocycles. The first-order valence-corrected chi connectivity index (χ1v) is 11.5. The van der Waals surface area contributed by atoms with Crippen molar-refractivity contribution >= 4 is 45.5 Å². The molecule has 12 heteroatoms. The zero-order chi connectivity index (χ0) is 25.1. The highest BCUT2D eigenvalue weighted by Crippen LogP contribution is 2.51. The van der Waals surface area contributed by atoms with Crippen LogP contribution in [-0.4, -0.2) is 62.1 Å². The van der Waals surface area contributed by atoms with Crippen LogP contribution in [0.1, 0.15) is 50.0 Å². The Kier molecular flexibility index (Phi) is 5.76. The Labute approximate surface area is 199 Å². The van der Waals surface area contributed by atoms with Gasteiger partial charge in [0.1, 0.15) is 16.9 Å². The van der Waals surface area contributed by atoms with Crippen LogP contribution in [0.2, 0.25) is 0 Å². The number of hydrogen-bond acceptors (Lipinski definition) is 9. The lowest BCUT2D eigenvalue weighted by Gasteiger charge is -2.46. The number of amides is 2. The predicted molar refractivity (Wildman–Crippen MR) is 120 cm³/mol. The topological polar surface area (TPSA) is 154 Å². The highest BCUT2D eigenvalue weighted by Gasteiger charge is 2.60. The Hall–Kier alpha value is -3.25. The van der Waals surface area contributed by atoms with Crippen LogP contribution in [0.5, 0.6) is 0 Å². The molecule has 34 heavy (non-hydrogen) atoms.